The van der Waals surface area contributed by atoms with Crippen molar-refractivity contribution in [3.8, 4) is 0 Å². The SMILES string of the molecule is COC1CCN(C2CCCCCC2N)CC1. The predicted octanol–water partition coefficient (Wildman–Crippen LogP) is 1.76. The third-order valence-corrected chi connectivity index (χ3v) is 4.31. The van der Waals surface area contributed by atoms with Gasteiger partial charge in [-0.25, -0.2) is 0 Å². The Labute approximate surface area is 99.3 Å². The van der Waals surface area contributed by atoms with Crippen LogP contribution in [0.1, 0.15) is 44.9 Å². The molecule has 2 unspecified atom stereocenters. The molecular weight excluding hydrogens is 200 g/mol. The second kappa shape index (κ2) is 5.99. The summed E-state index contributed by atoms with van der Waals surface area (Å²) in [5.41, 5.74) is 6.30. The first kappa shape index (κ1) is 12.3. The van der Waals surface area contributed by atoms with Crippen LogP contribution in [-0.2, 0) is 4.74 Å². The summed E-state index contributed by atoms with van der Waals surface area (Å²) in [7, 11) is 1.83. The summed E-state index contributed by atoms with van der Waals surface area (Å²) in [6.45, 7) is 2.35. The van der Waals surface area contributed by atoms with E-state index in [4.69, 9.17) is 10.5 Å². The minimum atomic E-state index is 0.404. The van der Waals surface area contributed by atoms with Gasteiger partial charge in [0.2, 0.25) is 0 Å². The van der Waals surface area contributed by atoms with Crippen molar-refractivity contribution in [1.29, 1.82) is 0 Å². The van der Waals surface area contributed by atoms with Crippen molar-refractivity contribution >= 4 is 0 Å². The molecule has 2 N–H and O–H groups in total. The minimum absolute atomic E-state index is 0.404. The summed E-state index contributed by atoms with van der Waals surface area (Å²) >= 11 is 0. The van der Waals surface area contributed by atoms with E-state index in [2.05, 4.69) is 4.90 Å². The average Bonchev–Trinajstić information content (AvgIpc) is 2.54. The van der Waals surface area contributed by atoms with Gasteiger partial charge in [0.05, 0.1) is 6.10 Å². The van der Waals surface area contributed by atoms with Gasteiger partial charge in [0, 0.05) is 32.3 Å². The second-order valence-electron chi connectivity index (χ2n) is 5.34. The quantitative estimate of drug-likeness (QED) is 0.729. The van der Waals surface area contributed by atoms with Crippen molar-refractivity contribution in [2.24, 2.45) is 5.73 Å². The Morgan fingerprint density at radius 2 is 1.69 bits per heavy atom. The number of piperidine rings is 1. The molecule has 1 saturated heterocycles. The van der Waals surface area contributed by atoms with Crippen LogP contribution in [0, 0.1) is 0 Å². The number of hydrogen-bond acceptors (Lipinski definition) is 3. The standard InChI is InChI=1S/C13H26N2O/c1-16-11-7-9-15(10-8-11)13-6-4-2-3-5-12(13)14/h11-13H,2-10,14H2,1H3. The van der Waals surface area contributed by atoms with Crippen LogP contribution in [0.2, 0.25) is 0 Å². The molecule has 94 valence electrons. The van der Waals surface area contributed by atoms with Crippen LogP contribution in [0.3, 0.4) is 0 Å². The molecule has 3 nitrogen and oxygen atoms in total. The van der Waals surface area contributed by atoms with Gasteiger partial charge in [-0.2, -0.15) is 0 Å². The van der Waals surface area contributed by atoms with Gasteiger partial charge in [0.25, 0.3) is 0 Å². The molecule has 2 fully saturated rings. The van der Waals surface area contributed by atoms with E-state index in [1.165, 1.54) is 58.0 Å². The minimum Gasteiger partial charge on any atom is -0.381 e. The maximum atomic E-state index is 6.30. The zero-order chi connectivity index (χ0) is 11.4. The van der Waals surface area contributed by atoms with E-state index in [1.807, 2.05) is 7.11 Å². The van der Waals surface area contributed by atoms with E-state index in [9.17, 15) is 0 Å². The lowest BCUT2D eigenvalue weighted by molar-refractivity contribution is 0.0217. The predicted molar refractivity (Wildman–Crippen MR) is 66.5 cm³/mol. The monoisotopic (exact) mass is 226 g/mol. The van der Waals surface area contributed by atoms with Crippen LogP contribution in [-0.4, -0.2) is 43.3 Å². The zero-order valence-electron chi connectivity index (χ0n) is 10.5. The summed E-state index contributed by atoms with van der Waals surface area (Å²) in [5, 5.41) is 0. The molecular formula is C13H26N2O. The lowest BCUT2D eigenvalue weighted by Gasteiger charge is -2.39. The third-order valence-electron chi connectivity index (χ3n) is 4.31. The van der Waals surface area contributed by atoms with Crippen molar-refractivity contribution in [2.75, 3.05) is 20.2 Å². The molecule has 16 heavy (non-hydrogen) atoms. The van der Waals surface area contributed by atoms with Gasteiger partial charge >= 0.3 is 0 Å². The Balaban J connectivity index is 1.86. The first-order chi connectivity index (χ1) is 7.81. The molecule has 0 aromatic carbocycles. The third kappa shape index (κ3) is 2.96. The van der Waals surface area contributed by atoms with Crippen molar-refractivity contribution in [3.05, 3.63) is 0 Å². The largest absolute Gasteiger partial charge is 0.381 e. The molecule has 3 heteroatoms. The summed E-state index contributed by atoms with van der Waals surface area (Å²) in [4.78, 5) is 2.62. The van der Waals surface area contributed by atoms with Crippen LogP contribution < -0.4 is 5.73 Å². The Morgan fingerprint density at radius 1 is 1.00 bits per heavy atom. The smallest absolute Gasteiger partial charge is 0.0595 e. The lowest BCUT2D eigenvalue weighted by atomic mass is 9.98. The molecule has 1 heterocycles. The van der Waals surface area contributed by atoms with Gasteiger partial charge in [-0.1, -0.05) is 19.3 Å². The molecule has 0 aromatic rings. The highest BCUT2D eigenvalue weighted by Crippen LogP contribution is 2.24. The molecule has 0 aromatic heterocycles. The number of rotatable bonds is 2. The van der Waals surface area contributed by atoms with Crippen LogP contribution in [0.25, 0.3) is 0 Å². The molecule has 2 rings (SSSR count). The number of hydrogen-bond donors (Lipinski definition) is 1. The average molecular weight is 226 g/mol. The molecule has 2 atom stereocenters. The van der Waals surface area contributed by atoms with E-state index >= 15 is 0 Å². The summed E-state index contributed by atoms with van der Waals surface area (Å²) < 4.78 is 5.42. The normalized spacial score (nSPS) is 34.9. The fourth-order valence-electron chi connectivity index (χ4n) is 3.21. The van der Waals surface area contributed by atoms with Gasteiger partial charge in [-0.3, -0.25) is 4.90 Å². The van der Waals surface area contributed by atoms with Gasteiger partial charge in [0.1, 0.15) is 0 Å². The highest BCUT2D eigenvalue weighted by atomic mass is 16.5. The Bertz CT molecular complexity index is 202. The van der Waals surface area contributed by atoms with Crippen molar-refractivity contribution in [1.82, 2.24) is 4.90 Å². The van der Waals surface area contributed by atoms with E-state index in [1.54, 1.807) is 0 Å². The number of ether oxygens (including phenoxy) is 1. The Kier molecular flexibility index (Phi) is 4.62. The highest BCUT2D eigenvalue weighted by Gasteiger charge is 2.29. The zero-order valence-corrected chi connectivity index (χ0v) is 10.5. The fourth-order valence-corrected chi connectivity index (χ4v) is 3.21. The maximum Gasteiger partial charge on any atom is 0.0595 e. The van der Waals surface area contributed by atoms with Crippen LogP contribution in [0.4, 0.5) is 0 Å². The molecule has 0 amide bonds. The van der Waals surface area contributed by atoms with Crippen LogP contribution in [0.15, 0.2) is 0 Å². The topological polar surface area (TPSA) is 38.5 Å². The maximum absolute atomic E-state index is 6.30. The highest BCUT2D eigenvalue weighted by molar-refractivity contribution is 4.87. The molecule has 2 aliphatic rings. The van der Waals surface area contributed by atoms with Crippen LogP contribution >= 0.6 is 0 Å². The molecule has 0 bridgehead atoms. The first-order valence-corrected chi connectivity index (χ1v) is 6.83. The van der Waals surface area contributed by atoms with E-state index < -0.39 is 0 Å². The first-order valence-electron chi connectivity index (χ1n) is 6.83. The number of methoxy groups -OCH3 is 1. The second-order valence-corrected chi connectivity index (χ2v) is 5.34. The molecule has 1 aliphatic carbocycles. The van der Waals surface area contributed by atoms with Gasteiger partial charge in [-0.05, 0) is 25.7 Å². The molecule has 1 saturated carbocycles. The fraction of sp³-hybridized carbons (Fsp3) is 1.00. The van der Waals surface area contributed by atoms with Crippen molar-refractivity contribution < 1.29 is 4.74 Å². The Hall–Kier alpha value is -0.120. The molecule has 0 spiro atoms. The summed E-state index contributed by atoms with van der Waals surface area (Å²) in [6.07, 6.45) is 9.43. The summed E-state index contributed by atoms with van der Waals surface area (Å²) in [6, 6.07) is 1.04. The Morgan fingerprint density at radius 3 is 2.38 bits per heavy atom. The lowest BCUT2D eigenvalue weighted by Crippen LogP contribution is -2.51. The van der Waals surface area contributed by atoms with E-state index in [0.717, 1.165) is 0 Å². The van der Waals surface area contributed by atoms with Crippen molar-refractivity contribution in [3.63, 3.8) is 0 Å². The van der Waals surface area contributed by atoms with E-state index in [0.29, 0.717) is 18.2 Å². The van der Waals surface area contributed by atoms with Crippen molar-refractivity contribution in [2.45, 2.75) is 63.1 Å². The number of nitrogens with zero attached hydrogens (tertiary/aromatic N) is 1. The van der Waals surface area contributed by atoms with E-state index in [-0.39, 0.29) is 0 Å². The van der Waals surface area contributed by atoms with Gasteiger partial charge < -0.3 is 10.5 Å². The molecule has 0 radical (unpaired) electrons. The van der Waals surface area contributed by atoms with Crippen LogP contribution in [0.5, 0.6) is 0 Å². The number of likely N-dealkylation sites (tertiary alicyclic amines) is 1. The van der Waals surface area contributed by atoms with Gasteiger partial charge in [0.15, 0.2) is 0 Å². The van der Waals surface area contributed by atoms with Gasteiger partial charge in [-0.15, -0.1) is 0 Å². The number of nitrogens with two attached hydrogens (primary N) is 1. The molecule has 1 aliphatic heterocycles. The summed E-state index contributed by atoms with van der Waals surface area (Å²) in [5.74, 6) is 0.